The van der Waals surface area contributed by atoms with E-state index in [1.165, 1.54) is 12.1 Å². The first-order valence-corrected chi connectivity index (χ1v) is 8.12. The largest absolute Gasteiger partial charge is 0.417 e. The molecule has 0 aliphatic rings. The zero-order valence-electron chi connectivity index (χ0n) is 14.0. The Bertz CT molecular complexity index is 829. The van der Waals surface area contributed by atoms with E-state index in [2.05, 4.69) is 5.16 Å². The van der Waals surface area contributed by atoms with Gasteiger partial charge in [0.05, 0.1) is 16.8 Å². The van der Waals surface area contributed by atoms with Crippen LogP contribution in [0.5, 0.6) is 0 Å². The van der Waals surface area contributed by atoms with Gasteiger partial charge in [0, 0.05) is 10.6 Å². The van der Waals surface area contributed by atoms with Gasteiger partial charge in [-0.25, -0.2) is 0 Å². The van der Waals surface area contributed by atoms with Crippen LogP contribution in [0, 0.1) is 0 Å². The Kier molecular flexibility index (Phi) is 6.41. The quantitative estimate of drug-likeness (QED) is 0.305. The summed E-state index contributed by atoms with van der Waals surface area (Å²) >= 11 is 5.79. The fourth-order valence-electron chi connectivity index (χ4n) is 2.33. The topological polar surface area (TPSA) is 21.6 Å². The van der Waals surface area contributed by atoms with Crippen LogP contribution in [0.25, 0.3) is 0 Å². The molecule has 0 heterocycles. The van der Waals surface area contributed by atoms with E-state index in [1.54, 1.807) is 6.92 Å². The molecule has 0 bridgehead atoms. The second-order valence-electron chi connectivity index (χ2n) is 5.55. The van der Waals surface area contributed by atoms with E-state index in [1.807, 2.05) is 0 Å². The van der Waals surface area contributed by atoms with Crippen LogP contribution in [0.4, 0.5) is 26.3 Å². The van der Waals surface area contributed by atoms with Crippen LogP contribution in [-0.4, -0.2) is 5.71 Å². The molecule has 2 nitrogen and oxygen atoms in total. The van der Waals surface area contributed by atoms with Crippen LogP contribution in [-0.2, 0) is 23.8 Å². The average molecular weight is 410 g/mol. The second-order valence-corrected chi connectivity index (χ2v) is 5.99. The van der Waals surface area contributed by atoms with Gasteiger partial charge in [0.2, 0.25) is 0 Å². The Morgan fingerprint density at radius 2 is 1.70 bits per heavy atom. The van der Waals surface area contributed by atoms with Gasteiger partial charge in [-0.1, -0.05) is 35.8 Å². The molecule has 27 heavy (non-hydrogen) atoms. The molecule has 0 atom stereocenters. The zero-order chi connectivity index (χ0) is 20.2. The van der Waals surface area contributed by atoms with E-state index < -0.39 is 23.5 Å². The summed E-state index contributed by atoms with van der Waals surface area (Å²) in [5.74, 6) is 0. The predicted molar refractivity (Wildman–Crippen MR) is 89.5 cm³/mol. The van der Waals surface area contributed by atoms with Crippen LogP contribution < -0.4 is 0 Å². The van der Waals surface area contributed by atoms with Gasteiger partial charge < -0.3 is 4.84 Å². The van der Waals surface area contributed by atoms with E-state index in [0.29, 0.717) is 0 Å². The Labute approximate surface area is 156 Å². The molecule has 146 valence electrons. The minimum absolute atomic E-state index is 0.0169. The van der Waals surface area contributed by atoms with Gasteiger partial charge in [0.15, 0.2) is 0 Å². The normalized spacial score (nSPS) is 13.0. The number of alkyl halides is 6. The molecule has 0 unspecified atom stereocenters. The lowest BCUT2D eigenvalue weighted by Crippen LogP contribution is -2.13. The van der Waals surface area contributed by atoms with E-state index in [4.69, 9.17) is 16.4 Å². The lowest BCUT2D eigenvalue weighted by molar-refractivity contribution is -0.138. The summed E-state index contributed by atoms with van der Waals surface area (Å²) in [5, 5.41) is 3.79. The summed E-state index contributed by atoms with van der Waals surface area (Å²) in [4.78, 5) is 5.01. The number of hydrogen-bond donors (Lipinski definition) is 0. The molecule has 0 spiro atoms. The first-order valence-electron chi connectivity index (χ1n) is 7.74. The number of halogens is 7. The highest BCUT2D eigenvalue weighted by molar-refractivity contribution is 6.31. The monoisotopic (exact) mass is 409 g/mol. The first-order chi connectivity index (χ1) is 12.5. The van der Waals surface area contributed by atoms with Crippen LogP contribution in [0.15, 0.2) is 47.6 Å². The third-order valence-corrected chi connectivity index (χ3v) is 3.83. The SMILES string of the molecule is CCC(=NOCc1cccc(C(F)(F)F)c1)c1cc(Cl)ccc1C(F)(F)F. The maximum absolute atomic E-state index is 13.2. The third kappa shape index (κ3) is 5.63. The maximum atomic E-state index is 13.2. The van der Waals surface area contributed by atoms with E-state index in [9.17, 15) is 26.3 Å². The number of benzene rings is 2. The highest BCUT2D eigenvalue weighted by Gasteiger charge is 2.34. The number of hydrogen-bond acceptors (Lipinski definition) is 2. The fraction of sp³-hybridized carbons (Fsp3) is 0.278. The minimum atomic E-state index is -4.61. The summed E-state index contributed by atoms with van der Waals surface area (Å²) in [5.41, 5.74) is -1.84. The summed E-state index contributed by atoms with van der Waals surface area (Å²) < 4.78 is 77.6. The highest BCUT2D eigenvalue weighted by atomic mass is 35.5. The molecule has 0 aliphatic carbocycles. The van der Waals surface area contributed by atoms with Crippen molar-refractivity contribution in [1.82, 2.24) is 0 Å². The standard InChI is InChI=1S/C18H14ClF6NO/c1-2-16(14-9-13(19)6-7-15(14)18(23,24)25)26-27-10-11-4-3-5-12(8-11)17(20,21)22/h3-9H,2,10H2,1H3. The lowest BCUT2D eigenvalue weighted by atomic mass is 10.0. The van der Waals surface area contributed by atoms with Gasteiger partial charge >= 0.3 is 12.4 Å². The molecule has 0 saturated carbocycles. The highest BCUT2D eigenvalue weighted by Crippen LogP contribution is 2.34. The molecule has 0 radical (unpaired) electrons. The maximum Gasteiger partial charge on any atom is 0.417 e. The molecule has 2 aromatic rings. The molecule has 2 aromatic carbocycles. The van der Waals surface area contributed by atoms with E-state index in [0.717, 1.165) is 30.3 Å². The van der Waals surface area contributed by atoms with Crippen molar-refractivity contribution in [1.29, 1.82) is 0 Å². The predicted octanol–water partition coefficient (Wildman–Crippen LogP) is 6.71. The van der Waals surface area contributed by atoms with Crippen molar-refractivity contribution in [3.63, 3.8) is 0 Å². The average Bonchev–Trinajstić information content (AvgIpc) is 2.57. The zero-order valence-corrected chi connectivity index (χ0v) is 14.7. The molecule has 9 heteroatoms. The smallest absolute Gasteiger partial charge is 0.391 e. The van der Waals surface area contributed by atoms with Crippen LogP contribution in [0.3, 0.4) is 0 Å². The van der Waals surface area contributed by atoms with E-state index in [-0.39, 0.29) is 34.9 Å². The Hall–Kier alpha value is -2.22. The number of nitrogens with zero attached hydrogens (tertiary/aromatic N) is 1. The minimum Gasteiger partial charge on any atom is -0.391 e. The van der Waals surface area contributed by atoms with E-state index >= 15 is 0 Å². The van der Waals surface area contributed by atoms with Crippen molar-refractivity contribution < 1.29 is 31.2 Å². The van der Waals surface area contributed by atoms with Gasteiger partial charge in [-0.05, 0) is 42.3 Å². The molecule has 0 amide bonds. The van der Waals surface area contributed by atoms with Gasteiger partial charge in [0.1, 0.15) is 6.61 Å². The summed E-state index contributed by atoms with van der Waals surface area (Å²) in [6, 6.07) is 7.50. The van der Waals surface area contributed by atoms with Gasteiger partial charge in [-0.2, -0.15) is 26.3 Å². The van der Waals surface area contributed by atoms with Gasteiger partial charge in [0.25, 0.3) is 0 Å². The fourth-order valence-corrected chi connectivity index (χ4v) is 2.50. The Morgan fingerprint density at radius 3 is 2.30 bits per heavy atom. The lowest BCUT2D eigenvalue weighted by Gasteiger charge is -2.14. The van der Waals surface area contributed by atoms with Crippen molar-refractivity contribution in [3.8, 4) is 0 Å². The van der Waals surface area contributed by atoms with Crippen molar-refractivity contribution in [2.24, 2.45) is 5.16 Å². The third-order valence-electron chi connectivity index (χ3n) is 3.59. The van der Waals surface area contributed by atoms with Crippen molar-refractivity contribution in [3.05, 3.63) is 69.7 Å². The summed E-state index contributed by atoms with van der Waals surface area (Å²) in [6.07, 6.45) is -9.01. The number of oxime groups is 1. The van der Waals surface area contributed by atoms with Crippen molar-refractivity contribution in [2.45, 2.75) is 32.3 Å². The van der Waals surface area contributed by atoms with Crippen LogP contribution in [0.1, 0.15) is 35.6 Å². The molecular weight excluding hydrogens is 396 g/mol. The molecule has 0 N–H and O–H groups in total. The molecule has 0 saturated heterocycles. The number of rotatable bonds is 5. The molecular formula is C18H14ClF6NO. The van der Waals surface area contributed by atoms with Gasteiger partial charge in [-0.15, -0.1) is 0 Å². The van der Waals surface area contributed by atoms with Crippen LogP contribution >= 0.6 is 11.6 Å². The summed E-state index contributed by atoms with van der Waals surface area (Å²) in [7, 11) is 0. The molecule has 2 rings (SSSR count). The van der Waals surface area contributed by atoms with Gasteiger partial charge in [-0.3, -0.25) is 0 Å². The molecule has 0 aliphatic heterocycles. The second kappa shape index (κ2) is 8.21. The van der Waals surface area contributed by atoms with Crippen molar-refractivity contribution >= 4 is 17.3 Å². The van der Waals surface area contributed by atoms with Crippen LogP contribution in [0.2, 0.25) is 5.02 Å². The first kappa shape index (κ1) is 21.1. The Morgan fingerprint density at radius 1 is 1.00 bits per heavy atom. The Balaban J connectivity index is 2.25. The molecule has 0 aromatic heterocycles. The summed E-state index contributed by atoms with van der Waals surface area (Å²) in [6.45, 7) is 1.25. The molecule has 0 fully saturated rings. The van der Waals surface area contributed by atoms with Crippen molar-refractivity contribution in [2.75, 3.05) is 0 Å².